The van der Waals surface area contributed by atoms with Crippen LogP contribution in [-0.2, 0) is 14.3 Å². The molecule has 2 heterocycles. The van der Waals surface area contributed by atoms with Crippen molar-refractivity contribution in [2.24, 2.45) is 0 Å². The molecule has 172 valence electrons. The van der Waals surface area contributed by atoms with Gasteiger partial charge in [0.15, 0.2) is 11.6 Å². The summed E-state index contributed by atoms with van der Waals surface area (Å²) in [6, 6.07) is 9.08. The number of ketones is 2. The van der Waals surface area contributed by atoms with Gasteiger partial charge in [0.25, 0.3) is 5.19 Å². The summed E-state index contributed by atoms with van der Waals surface area (Å²) in [6.07, 6.45) is 2.09. The zero-order chi connectivity index (χ0) is 23.7. The zero-order valence-electron chi connectivity index (χ0n) is 18.7. The molecule has 1 aromatic heterocycles. The predicted octanol–water partition coefficient (Wildman–Crippen LogP) is 7.08. The molecule has 0 unspecified atom stereocenters. The van der Waals surface area contributed by atoms with Gasteiger partial charge in [0.05, 0.1) is 9.72 Å². The van der Waals surface area contributed by atoms with Crippen LogP contribution in [0.4, 0.5) is 0 Å². The molecule has 5 rings (SSSR count). The van der Waals surface area contributed by atoms with E-state index in [4.69, 9.17) is 32.7 Å². The number of aromatic nitrogens is 1. The lowest BCUT2D eigenvalue weighted by molar-refractivity contribution is -0.184. The summed E-state index contributed by atoms with van der Waals surface area (Å²) in [5, 5.41) is 1.39. The number of carbonyl (C=O) groups is 2. The number of fused-ring (bicyclic) bond motifs is 1. The Morgan fingerprint density at radius 2 is 1.67 bits per heavy atom. The molecule has 1 saturated heterocycles. The number of thiazole rings is 1. The number of nitrogens with zero attached hydrogens (tertiary/aromatic N) is 1. The number of rotatable bonds is 4. The first-order valence-corrected chi connectivity index (χ1v) is 12.4. The van der Waals surface area contributed by atoms with E-state index in [9.17, 15) is 9.59 Å². The van der Waals surface area contributed by atoms with Crippen LogP contribution in [0.2, 0.25) is 10.0 Å². The average Bonchev–Trinajstić information content (AvgIpc) is 3.47. The Hall–Kier alpha value is -1.99. The van der Waals surface area contributed by atoms with Crippen LogP contribution in [0.3, 0.4) is 0 Å². The van der Waals surface area contributed by atoms with Crippen molar-refractivity contribution in [3.05, 3.63) is 51.5 Å². The van der Waals surface area contributed by atoms with E-state index >= 15 is 0 Å². The summed E-state index contributed by atoms with van der Waals surface area (Å²) < 4.78 is 12.8. The molecule has 33 heavy (non-hydrogen) atoms. The number of carbonyl (C=O) groups excluding carboxylic acids is 2. The molecule has 0 radical (unpaired) electrons. The molecular formula is C25H23Cl2NO4S. The van der Waals surface area contributed by atoms with Gasteiger partial charge in [-0.3, -0.25) is 9.59 Å². The minimum Gasteiger partial charge on any atom is -0.431 e. The summed E-state index contributed by atoms with van der Waals surface area (Å²) in [4.78, 5) is 31.2. The molecule has 8 heteroatoms. The Kier molecular flexibility index (Phi) is 5.37. The third kappa shape index (κ3) is 4.08. The fourth-order valence-electron chi connectivity index (χ4n) is 4.55. The quantitative estimate of drug-likeness (QED) is 0.355. The van der Waals surface area contributed by atoms with Crippen molar-refractivity contribution in [2.45, 2.75) is 63.6 Å². The highest BCUT2D eigenvalue weighted by molar-refractivity contribution is 7.20. The number of ether oxygens (including phenoxy) is 2. The average molecular weight is 504 g/mol. The number of benzene rings is 2. The molecule has 5 nitrogen and oxygen atoms in total. The van der Waals surface area contributed by atoms with Gasteiger partial charge in [-0.2, -0.15) is 0 Å². The van der Waals surface area contributed by atoms with E-state index in [0.29, 0.717) is 38.0 Å². The van der Waals surface area contributed by atoms with Crippen molar-refractivity contribution in [2.75, 3.05) is 0 Å². The minimum atomic E-state index is -1.07. The van der Waals surface area contributed by atoms with Gasteiger partial charge in [-0.1, -0.05) is 40.6 Å². The highest BCUT2D eigenvalue weighted by atomic mass is 35.5. The van der Waals surface area contributed by atoms with Crippen molar-refractivity contribution >= 4 is 56.3 Å². The number of Topliss-reactive ketones (excluding diaryl/α,β-unsaturated/α-hetero) is 2. The lowest BCUT2D eigenvalue weighted by atomic mass is 9.73. The fourth-order valence-corrected chi connectivity index (χ4v) is 6.11. The lowest BCUT2D eigenvalue weighted by Crippen LogP contribution is -2.58. The molecule has 2 aromatic carbocycles. The molecule has 3 aromatic rings. The van der Waals surface area contributed by atoms with Crippen molar-refractivity contribution in [3.8, 4) is 10.9 Å². The summed E-state index contributed by atoms with van der Waals surface area (Å²) in [5.41, 5.74) is 0.221. The van der Waals surface area contributed by atoms with E-state index < -0.39 is 17.1 Å². The van der Waals surface area contributed by atoms with Gasteiger partial charge in [0.1, 0.15) is 28.4 Å². The van der Waals surface area contributed by atoms with Crippen LogP contribution in [0.15, 0.2) is 30.3 Å². The van der Waals surface area contributed by atoms with Crippen LogP contribution in [0, 0.1) is 0 Å². The molecule has 0 spiro atoms. The summed E-state index contributed by atoms with van der Waals surface area (Å²) >= 11 is 13.7. The second-order valence-electron chi connectivity index (χ2n) is 9.67. The van der Waals surface area contributed by atoms with Crippen molar-refractivity contribution in [1.29, 1.82) is 0 Å². The van der Waals surface area contributed by atoms with Gasteiger partial charge in [-0.05, 0) is 81.8 Å². The predicted molar refractivity (Wildman–Crippen MR) is 130 cm³/mol. The summed E-state index contributed by atoms with van der Waals surface area (Å²) in [5.74, 6) is -0.489. The molecular weight excluding hydrogens is 481 g/mol. The topological polar surface area (TPSA) is 65.5 Å². The molecule has 0 amide bonds. The van der Waals surface area contributed by atoms with E-state index in [2.05, 4.69) is 4.98 Å². The van der Waals surface area contributed by atoms with E-state index in [-0.39, 0.29) is 11.6 Å². The first-order valence-electron chi connectivity index (χ1n) is 10.8. The summed E-state index contributed by atoms with van der Waals surface area (Å²) in [6.45, 7) is 6.90. The van der Waals surface area contributed by atoms with E-state index in [1.807, 2.05) is 18.2 Å². The van der Waals surface area contributed by atoms with Crippen LogP contribution >= 0.6 is 34.5 Å². The molecule has 1 aliphatic carbocycles. The zero-order valence-corrected chi connectivity index (χ0v) is 21.0. The SMILES string of the molecule is CC1(C)OC(C)(C)C(=O)C(c2cc(Oc3nc4c(Cl)cc(Cl)cc4s3)ccc2C2CC2)C1=O. The Bertz CT molecular complexity index is 1280. The van der Waals surface area contributed by atoms with Gasteiger partial charge < -0.3 is 9.47 Å². The largest absolute Gasteiger partial charge is 0.431 e. The van der Waals surface area contributed by atoms with Crippen LogP contribution in [0.5, 0.6) is 10.9 Å². The molecule has 0 bridgehead atoms. The van der Waals surface area contributed by atoms with E-state index in [1.54, 1.807) is 39.8 Å². The summed E-state index contributed by atoms with van der Waals surface area (Å²) in [7, 11) is 0. The molecule has 0 N–H and O–H groups in total. The second-order valence-corrected chi connectivity index (χ2v) is 11.5. The molecule has 2 fully saturated rings. The number of halogens is 2. The maximum Gasteiger partial charge on any atom is 0.279 e. The Balaban J connectivity index is 1.56. The van der Waals surface area contributed by atoms with Crippen molar-refractivity contribution < 1.29 is 19.1 Å². The van der Waals surface area contributed by atoms with Crippen LogP contribution < -0.4 is 4.74 Å². The maximum absolute atomic E-state index is 13.4. The maximum atomic E-state index is 13.4. The van der Waals surface area contributed by atoms with Gasteiger partial charge >= 0.3 is 0 Å². The van der Waals surface area contributed by atoms with Gasteiger partial charge in [-0.25, -0.2) is 4.98 Å². The van der Waals surface area contributed by atoms with Crippen molar-refractivity contribution in [3.63, 3.8) is 0 Å². The first kappa shape index (κ1) is 22.8. The number of hydrogen-bond donors (Lipinski definition) is 0. The first-order chi connectivity index (χ1) is 15.5. The smallest absolute Gasteiger partial charge is 0.279 e. The van der Waals surface area contributed by atoms with Crippen LogP contribution in [-0.4, -0.2) is 27.8 Å². The Labute approximate surface area is 206 Å². The van der Waals surface area contributed by atoms with Crippen LogP contribution in [0.1, 0.15) is 63.5 Å². The van der Waals surface area contributed by atoms with Gasteiger partial charge in [0.2, 0.25) is 0 Å². The third-order valence-corrected chi connectivity index (χ3v) is 7.59. The molecule has 1 saturated carbocycles. The van der Waals surface area contributed by atoms with Crippen molar-refractivity contribution in [1.82, 2.24) is 4.98 Å². The molecule has 1 aliphatic heterocycles. The third-order valence-electron chi connectivity index (χ3n) is 6.21. The Morgan fingerprint density at radius 1 is 1.00 bits per heavy atom. The monoisotopic (exact) mass is 503 g/mol. The fraction of sp³-hybridized carbons (Fsp3) is 0.400. The lowest BCUT2D eigenvalue weighted by Gasteiger charge is -2.43. The number of hydrogen-bond acceptors (Lipinski definition) is 6. The minimum absolute atomic E-state index is 0.229. The van der Waals surface area contributed by atoms with E-state index in [1.165, 1.54) is 11.3 Å². The molecule has 0 atom stereocenters. The standard InChI is InChI=1S/C25H23Cl2NO4S/c1-24(2)21(29)19(22(30)25(3,4)32-24)16-11-14(7-8-15(16)12-5-6-12)31-23-28-20-17(27)9-13(26)10-18(20)33-23/h7-12,19H,5-6H2,1-4H3. The normalized spacial score (nSPS) is 20.4. The second kappa shape index (κ2) is 7.77. The molecule has 2 aliphatic rings. The highest BCUT2D eigenvalue weighted by Gasteiger charge is 2.53. The Morgan fingerprint density at radius 3 is 2.30 bits per heavy atom. The van der Waals surface area contributed by atoms with Gasteiger partial charge in [0, 0.05) is 5.02 Å². The van der Waals surface area contributed by atoms with E-state index in [0.717, 1.165) is 23.1 Å². The van der Waals surface area contributed by atoms with Gasteiger partial charge in [-0.15, -0.1) is 0 Å². The highest BCUT2D eigenvalue weighted by Crippen LogP contribution is 2.48. The van der Waals surface area contributed by atoms with Crippen LogP contribution in [0.25, 0.3) is 10.2 Å².